The van der Waals surface area contributed by atoms with Crippen molar-refractivity contribution in [2.75, 3.05) is 13.1 Å². The van der Waals surface area contributed by atoms with Crippen LogP contribution in [-0.4, -0.2) is 34.9 Å². The van der Waals surface area contributed by atoms with Crippen LogP contribution >= 0.6 is 0 Å². The molecule has 1 N–H and O–H groups in total. The number of alkyl halides is 3. The topological polar surface area (TPSA) is 69.0 Å². The molecule has 8 heteroatoms. The van der Waals surface area contributed by atoms with E-state index in [1.54, 1.807) is 18.3 Å². The number of piperidine rings is 1. The lowest BCUT2D eigenvalue weighted by atomic mass is 9.94. The number of nitrogens with one attached hydrogen (secondary N) is 1. The lowest BCUT2D eigenvalue weighted by Crippen LogP contribution is -2.46. The molecule has 34 heavy (non-hydrogen) atoms. The summed E-state index contributed by atoms with van der Waals surface area (Å²) < 4.78 is 39.9. The van der Waals surface area contributed by atoms with Crippen LogP contribution in [0.1, 0.15) is 51.5 Å². The van der Waals surface area contributed by atoms with Gasteiger partial charge in [0.1, 0.15) is 0 Å². The Balaban J connectivity index is 1.47. The number of nitrogens with zero attached hydrogens (tertiary/aromatic N) is 3. The SMILES string of the molecule is N#Cc1ccc(C(c2cccnc2)N2CCC(NC(=O)c3ccccc3C(F)(F)F)CC2)cc1. The molecule has 174 valence electrons. The van der Waals surface area contributed by atoms with Gasteiger partial charge < -0.3 is 5.32 Å². The van der Waals surface area contributed by atoms with Crippen LogP contribution in [0.25, 0.3) is 0 Å². The molecule has 1 saturated heterocycles. The first-order valence-corrected chi connectivity index (χ1v) is 11.0. The third kappa shape index (κ3) is 5.26. The van der Waals surface area contributed by atoms with E-state index in [9.17, 15) is 18.0 Å². The van der Waals surface area contributed by atoms with Crippen LogP contribution in [-0.2, 0) is 6.18 Å². The Kier molecular flexibility index (Phi) is 6.94. The van der Waals surface area contributed by atoms with E-state index in [0.29, 0.717) is 31.5 Å². The first-order valence-electron chi connectivity index (χ1n) is 11.0. The largest absolute Gasteiger partial charge is 0.417 e. The second-order valence-corrected chi connectivity index (χ2v) is 8.25. The Hall–Kier alpha value is -3.70. The highest BCUT2D eigenvalue weighted by atomic mass is 19.4. The molecule has 0 aliphatic carbocycles. The Morgan fingerprint density at radius 2 is 1.74 bits per heavy atom. The first-order chi connectivity index (χ1) is 16.4. The fourth-order valence-electron chi connectivity index (χ4n) is 4.39. The molecular formula is C26H23F3N4O. The molecule has 2 heterocycles. The van der Waals surface area contributed by atoms with Gasteiger partial charge in [-0.15, -0.1) is 0 Å². The third-order valence-corrected chi connectivity index (χ3v) is 6.06. The smallest absolute Gasteiger partial charge is 0.349 e. The van der Waals surface area contributed by atoms with E-state index in [-0.39, 0.29) is 17.6 Å². The van der Waals surface area contributed by atoms with Crippen LogP contribution in [0.2, 0.25) is 0 Å². The molecule has 0 radical (unpaired) electrons. The van der Waals surface area contributed by atoms with Gasteiger partial charge in [0.05, 0.1) is 28.8 Å². The first kappa shape index (κ1) is 23.5. The van der Waals surface area contributed by atoms with Gasteiger partial charge in [0.2, 0.25) is 0 Å². The van der Waals surface area contributed by atoms with Crippen molar-refractivity contribution in [1.82, 2.24) is 15.2 Å². The summed E-state index contributed by atoms with van der Waals surface area (Å²) in [6.07, 6.45) is 0.139. The molecule has 1 amide bonds. The molecule has 0 saturated carbocycles. The normalized spacial score (nSPS) is 15.9. The Morgan fingerprint density at radius 3 is 2.35 bits per heavy atom. The lowest BCUT2D eigenvalue weighted by molar-refractivity contribution is -0.137. The van der Waals surface area contributed by atoms with E-state index < -0.39 is 17.6 Å². The molecule has 1 fully saturated rings. The van der Waals surface area contributed by atoms with Gasteiger partial charge in [0, 0.05) is 31.5 Å². The van der Waals surface area contributed by atoms with Crippen LogP contribution in [0.15, 0.2) is 73.1 Å². The van der Waals surface area contributed by atoms with E-state index >= 15 is 0 Å². The molecular weight excluding hydrogens is 441 g/mol. The number of likely N-dealkylation sites (tertiary alicyclic amines) is 1. The Bertz CT molecular complexity index is 1170. The fourth-order valence-corrected chi connectivity index (χ4v) is 4.39. The Labute approximate surface area is 195 Å². The molecule has 1 aromatic heterocycles. The highest BCUT2D eigenvalue weighted by molar-refractivity contribution is 5.96. The zero-order chi connectivity index (χ0) is 24.1. The van der Waals surface area contributed by atoms with Crippen molar-refractivity contribution in [3.63, 3.8) is 0 Å². The van der Waals surface area contributed by atoms with Crippen molar-refractivity contribution in [1.29, 1.82) is 5.26 Å². The van der Waals surface area contributed by atoms with Gasteiger partial charge in [-0.2, -0.15) is 18.4 Å². The number of benzene rings is 2. The summed E-state index contributed by atoms with van der Waals surface area (Å²) >= 11 is 0. The summed E-state index contributed by atoms with van der Waals surface area (Å²) in [4.78, 5) is 19.2. The van der Waals surface area contributed by atoms with Gasteiger partial charge in [0.15, 0.2) is 0 Å². The molecule has 3 aromatic rings. The van der Waals surface area contributed by atoms with Crippen molar-refractivity contribution < 1.29 is 18.0 Å². The third-order valence-electron chi connectivity index (χ3n) is 6.06. The number of hydrogen-bond acceptors (Lipinski definition) is 4. The highest BCUT2D eigenvalue weighted by Gasteiger charge is 2.35. The summed E-state index contributed by atoms with van der Waals surface area (Å²) in [7, 11) is 0. The van der Waals surface area contributed by atoms with Crippen molar-refractivity contribution in [3.8, 4) is 6.07 Å². The molecule has 5 nitrogen and oxygen atoms in total. The van der Waals surface area contributed by atoms with Crippen LogP contribution in [0, 0.1) is 11.3 Å². The number of nitriles is 1. The van der Waals surface area contributed by atoms with Gasteiger partial charge in [-0.3, -0.25) is 14.7 Å². The summed E-state index contributed by atoms with van der Waals surface area (Å²) in [5, 5.41) is 11.9. The summed E-state index contributed by atoms with van der Waals surface area (Å²) in [5.41, 5.74) is 1.32. The number of hydrogen-bond donors (Lipinski definition) is 1. The molecule has 1 aliphatic heterocycles. The van der Waals surface area contributed by atoms with Crippen LogP contribution < -0.4 is 5.32 Å². The average molecular weight is 464 g/mol. The maximum Gasteiger partial charge on any atom is 0.417 e. The zero-order valence-electron chi connectivity index (χ0n) is 18.3. The van der Waals surface area contributed by atoms with Crippen molar-refractivity contribution in [3.05, 3.63) is 101 Å². The van der Waals surface area contributed by atoms with Crippen LogP contribution in [0.4, 0.5) is 13.2 Å². The van der Waals surface area contributed by atoms with Crippen molar-refractivity contribution in [2.45, 2.75) is 31.1 Å². The molecule has 1 atom stereocenters. The van der Waals surface area contributed by atoms with Gasteiger partial charge in [-0.25, -0.2) is 0 Å². The molecule has 4 rings (SSSR count). The predicted octanol–water partition coefficient (Wildman–Crippen LogP) is 4.96. The molecule has 0 bridgehead atoms. The number of rotatable bonds is 5. The number of halogens is 3. The van der Waals surface area contributed by atoms with E-state index in [4.69, 9.17) is 5.26 Å². The number of carbonyl (C=O) groups excluding carboxylic acids is 1. The van der Waals surface area contributed by atoms with E-state index in [1.165, 1.54) is 18.2 Å². The number of aromatic nitrogens is 1. The zero-order valence-corrected chi connectivity index (χ0v) is 18.3. The molecule has 0 spiro atoms. The van der Waals surface area contributed by atoms with Crippen LogP contribution in [0.3, 0.4) is 0 Å². The van der Waals surface area contributed by atoms with Gasteiger partial charge in [-0.1, -0.05) is 30.3 Å². The second kappa shape index (κ2) is 10.1. The minimum atomic E-state index is -4.59. The monoisotopic (exact) mass is 464 g/mol. The standard InChI is InChI=1S/C26H23F3N4O/c27-26(28,29)23-6-2-1-5-22(23)25(34)32-21-11-14-33(15-12-21)24(20-4-3-13-31-17-20)19-9-7-18(16-30)8-10-19/h1-10,13,17,21,24H,11-12,14-15H2,(H,32,34). The van der Waals surface area contributed by atoms with E-state index in [2.05, 4.69) is 21.3 Å². The lowest BCUT2D eigenvalue weighted by Gasteiger charge is -2.38. The molecule has 2 aromatic carbocycles. The molecule has 1 unspecified atom stereocenters. The quantitative estimate of drug-likeness (QED) is 0.580. The molecule has 1 aliphatic rings. The Morgan fingerprint density at radius 1 is 1.03 bits per heavy atom. The minimum Gasteiger partial charge on any atom is -0.349 e. The summed E-state index contributed by atoms with van der Waals surface area (Å²) in [6, 6.07) is 18.0. The van der Waals surface area contributed by atoms with Gasteiger partial charge in [-0.05, 0) is 54.3 Å². The number of amides is 1. The van der Waals surface area contributed by atoms with Gasteiger partial charge in [0.25, 0.3) is 5.91 Å². The predicted molar refractivity (Wildman–Crippen MR) is 121 cm³/mol. The summed E-state index contributed by atoms with van der Waals surface area (Å²) in [6.45, 7) is 1.29. The number of carbonyl (C=O) groups is 1. The summed E-state index contributed by atoms with van der Waals surface area (Å²) in [5.74, 6) is -0.706. The van der Waals surface area contributed by atoms with E-state index in [0.717, 1.165) is 17.2 Å². The van der Waals surface area contributed by atoms with Crippen molar-refractivity contribution in [2.24, 2.45) is 0 Å². The maximum absolute atomic E-state index is 13.3. The minimum absolute atomic E-state index is 0.0796. The second-order valence-electron chi connectivity index (χ2n) is 8.25. The van der Waals surface area contributed by atoms with E-state index in [1.807, 2.05) is 30.5 Å². The van der Waals surface area contributed by atoms with Crippen molar-refractivity contribution >= 4 is 5.91 Å². The fraction of sp³-hybridized carbons (Fsp3) is 0.269. The average Bonchev–Trinajstić information content (AvgIpc) is 2.86. The highest BCUT2D eigenvalue weighted by Crippen LogP contribution is 2.33. The maximum atomic E-state index is 13.3. The number of pyridine rings is 1. The van der Waals surface area contributed by atoms with Crippen LogP contribution in [0.5, 0.6) is 0 Å². The van der Waals surface area contributed by atoms with Gasteiger partial charge >= 0.3 is 6.18 Å².